The number of aryl methyl sites for hydroxylation is 2. The number of hydrogen-bond donors (Lipinski definition) is 0. The van der Waals surface area contributed by atoms with Crippen LogP contribution in [0.1, 0.15) is 26.7 Å². The van der Waals surface area contributed by atoms with Crippen molar-refractivity contribution in [3.63, 3.8) is 0 Å². The highest BCUT2D eigenvalue weighted by Gasteiger charge is 2.26. The van der Waals surface area contributed by atoms with Gasteiger partial charge in [0.15, 0.2) is 22.3 Å². The molecule has 31 heavy (non-hydrogen) atoms. The van der Waals surface area contributed by atoms with Crippen molar-refractivity contribution in [3.8, 4) is 22.3 Å². The maximum atomic E-state index is 13.1. The van der Waals surface area contributed by atoms with E-state index in [2.05, 4.69) is 16.0 Å². The minimum atomic E-state index is 0.0512. The van der Waals surface area contributed by atoms with Crippen molar-refractivity contribution in [2.45, 2.75) is 20.4 Å². The summed E-state index contributed by atoms with van der Waals surface area (Å²) < 4.78 is 16.4. The van der Waals surface area contributed by atoms with Gasteiger partial charge in [-0.25, -0.2) is 4.98 Å². The molecule has 3 heterocycles. The summed E-state index contributed by atoms with van der Waals surface area (Å²) in [4.78, 5) is 22.6. The smallest absolute Gasteiger partial charge is 0.265 e. The Bertz CT molecular complexity index is 1070. The molecule has 0 spiro atoms. The zero-order valence-electron chi connectivity index (χ0n) is 18.3. The lowest BCUT2D eigenvalue weighted by molar-refractivity contribution is 0.0632. The number of amides is 1. The zero-order valence-corrected chi connectivity index (χ0v) is 19.1. The highest BCUT2D eigenvalue weighted by atomic mass is 32.1. The van der Waals surface area contributed by atoms with Crippen LogP contribution >= 0.6 is 11.3 Å². The van der Waals surface area contributed by atoms with E-state index in [0.717, 1.165) is 53.2 Å². The van der Waals surface area contributed by atoms with E-state index in [9.17, 15) is 4.79 Å². The number of nitrogens with zero attached hydrogens (tertiary/aromatic N) is 3. The SMILES string of the molecule is COc1ccc(CN2CCN(C(=O)c3sc(-c4ccc(C)o4)nc3C)CC2)cc1OC. The average Bonchev–Trinajstić information content (AvgIpc) is 3.39. The number of methoxy groups -OCH3 is 2. The van der Waals surface area contributed by atoms with E-state index in [0.29, 0.717) is 23.7 Å². The van der Waals surface area contributed by atoms with Crippen molar-refractivity contribution in [1.29, 1.82) is 0 Å². The molecule has 0 saturated carbocycles. The van der Waals surface area contributed by atoms with Crippen LogP contribution in [-0.2, 0) is 6.54 Å². The number of aromatic nitrogens is 1. The molecule has 1 fully saturated rings. The second-order valence-electron chi connectivity index (χ2n) is 7.60. The molecule has 0 N–H and O–H groups in total. The normalized spacial score (nSPS) is 14.6. The summed E-state index contributed by atoms with van der Waals surface area (Å²) in [5, 5.41) is 0.751. The van der Waals surface area contributed by atoms with Crippen LogP contribution < -0.4 is 9.47 Å². The third-order valence-electron chi connectivity index (χ3n) is 5.46. The molecular formula is C23H27N3O4S. The van der Waals surface area contributed by atoms with Gasteiger partial charge in [-0.3, -0.25) is 9.69 Å². The predicted molar refractivity (Wildman–Crippen MR) is 120 cm³/mol. The monoisotopic (exact) mass is 441 g/mol. The number of hydrogen-bond acceptors (Lipinski definition) is 7. The molecule has 1 aliphatic heterocycles. The van der Waals surface area contributed by atoms with Crippen LogP contribution in [-0.4, -0.2) is 61.1 Å². The van der Waals surface area contributed by atoms with Gasteiger partial charge in [-0.15, -0.1) is 11.3 Å². The number of carbonyl (C=O) groups is 1. The lowest BCUT2D eigenvalue weighted by Crippen LogP contribution is -2.48. The van der Waals surface area contributed by atoms with Gasteiger partial charge in [0.25, 0.3) is 5.91 Å². The molecule has 7 nitrogen and oxygen atoms in total. The number of benzene rings is 1. The summed E-state index contributed by atoms with van der Waals surface area (Å²) in [7, 11) is 3.28. The Morgan fingerprint density at radius 3 is 2.45 bits per heavy atom. The quantitative estimate of drug-likeness (QED) is 0.576. The lowest BCUT2D eigenvalue weighted by atomic mass is 10.1. The number of carbonyl (C=O) groups excluding carboxylic acids is 1. The van der Waals surface area contributed by atoms with Crippen molar-refractivity contribution >= 4 is 17.2 Å². The van der Waals surface area contributed by atoms with Crippen molar-refractivity contribution < 1.29 is 18.7 Å². The third kappa shape index (κ3) is 4.60. The molecule has 0 aliphatic carbocycles. The fourth-order valence-electron chi connectivity index (χ4n) is 3.74. The van der Waals surface area contributed by atoms with Gasteiger partial charge >= 0.3 is 0 Å². The van der Waals surface area contributed by atoms with E-state index < -0.39 is 0 Å². The maximum Gasteiger partial charge on any atom is 0.265 e. The van der Waals surface area contributed by atoms with Gasteiger partial charge in [0, 0.05) is 32.7 Å². The Morgan fingerprint density at radius 1 is 1.06 bits per heavy atom. The number of rotatable bonds is 6. The number of piperazine rings is 1. The lowest BCUT2D eigenvalue weighted by Gasteiger charge is -2.34. The molecule has 1 aliphatic rings. The van der Waals surface area contributed by atoms with Crippen LogP contribution in [0.5, 0.6) is 11.5 Å². The predicted octanol–water partition coefficient (Wildman–Crippen LogP) is 4.00. The second kappa shape index (κ2) is 9.11. The molecule has 0 unspecified atom stereocenters. The highest BCUT2D eigenvalue weighted by molar-refractivity contribution is 7.17. The van der Waals surface area contributed by atoms with Crippen LogP contribution in [0.15, 0.2) is 34.7 Å². The van der Waals surface area contributed by atoms with Gasteiger partial charge in [0.1, 0.15) is 10.6 Å². The average molecular weight is 442 g/mol. The maximum absolute atomic E-state index is 13.1. The third-order valence-corrected chi connectivity index (χ3v) is 6.62. The minimum absolute atomic E-state index is 0.0512. The van der Waals surface area contributed by atoms with E-state index in [1.165, 1.54) is 11.3 Å². The van der Waals surface area contributed by atoms with E-state index in [-0.39, 0.29) is 5.91 Å². The molecule has 0 atom stereocenters. The fourth-order valence-corrected chi connectivity index (χ4v) is 4.74. The second-order valence-corrected chi connectivity index (χ2v) is 8.60. The van der Waals surface area contributed by atoms with E-state index in [1.807, 2.05) is 43.0 Å². The number of furan rings is 1. The van der Waals surface area contributed by atoms with Crippen LogP contribution in [0.3, 0.4) is 0 Å². The molecule has 164 valence electrons. The highest BCUT2D eigenvalue weighted by Crippen LogP contribution is 2.31. The largest absolute Gasteiger partial charge is 0.493 e. The molecular weight excluding hydrogens is 414 g/mol. The van der Waals surface area contributed by atoms with Crippen LogP contribution in [0.25, 0.3) is 10.8 Å². The van der Waals surface area contributed by atoms with Gasteiger partial charge in [-0.2, -0.15) is 0 Å². The molecule has 0 radical (unpaired) electrons. The zero-order chi connectivity index (χ0) is 22.0. The van der Waals surface area contributed by atoms with Crippen molar-refractivity contribution in [2.75, 3.05) is 40.4 Å². The standard InChI is InChI=1S/C23H27N3O4S/c1-15-5-7-19(30-15)22-24-16(2)21(31-22)23(27)26-11-9-25(10-12-26)14-17-6-8-18(28-3)20(13-17)29-4/h5-8,13H,9-12,14H2,1-4H3. The Hall–Kier alpha value is -2.84. The van der Waals surface area contributed by atoms with Gasteiger partial charge in [-0.1, -0.05) is 6.07 Å². The van der Waals surface area contributed by atoms with E-state index in [4.69, 9.17) is 13.9 Å². The van der Waals surface area contributed by atoms with Gasteiger partial charge < -0.3 is 18.8 Å². The first-order valence-electron chi connectivity index (χ1n) is 10.2. The fraction of sp³-hybridized carbons (Fsp3) is 0.391. The van der Waals surface area contributed by atoms with E-state index >= 15 is 0 Å². The molecule has 2 aromatic heterocycles. The summed E-state index contributed by atoms with van der Waals surface area (Å²) in [5.74, 6) is 3.06. The van der Waals surface area contributed by atoms with E-state index in [1.54, 1.807) is 14.2 Å². The Labute approximate surface area is 186 Å². The number of thiazole rings is 1. The molecule has 3 aromatic rings. The summed E-state index contributed by atoms with van der Waals surface area (Å²) in [6, 6.07) is 9.80. The topological polar surface area (TPSA) is 68.0 Å². The first kappa shape index (κ1) is 21.4. The van der Waals surface area contributed by atoms with Gasteiger partial charge in [0.05, 0.1) is 19.9 Å². The molecule has 0 bridgehead atoms. The summed E-state index contributed by atoms with van der Waals surface area (Å²) in [5.41, 5.74) is 1.92. The first-order valence-corrected chi connectivity index (χ1v) is 11.1. The van der Waals surface area contributed by atoms with Crippen LogP contribution in [0.2, 0.25) is 0 Å². The molecule has 1 aromatic carbocycles. The summed E-state index contributed by atoms with van der Waals surface area (Å²) in [6.07, 6.45) is 0. The van der Waals surface area contributed by atoms with Gasteiger partial charge in [-0.05, 0) is 43.7 Å². The molecule has 8 heteroatoms. The molecule has 1 saturated heterocycles. The van der Waals surface area contributed by atoms with Crippen molar-refractivity contribution in [2.24, 2.45) is 0 Å². The Kier molecular flexibility index (Phi) is 6.29. The first-order chi connectivity index (χ1) is 15.0. The van der Waals surface area contributed by atoms with Crippen LogP contribution in [0, 0.1) is 13.8 Å². The number of ether oxygens (including phenoxy) is 2. The summed E-state index contributed by atoms with van der Waals surface area (Å²) >= 11 is 1.40. The van der Waals surface area contributed by atoms with Crippen molar-refractivity contribution in [3.05, 3.63) is 52.2 Å². The van der Waals surface area contributed by atoms with Crippen LogP contribution in [0.4, 0.5) is 0 Å². The Morgan fingerprint density at radius 2 is 1.81 bits per heavy atom. The summed E-state index contributed by atoms with van der Waals surface area (Å²) in [6.45, 7) is 7.62. The molecule has 1 amide bonds. The Balaban J connectivity index is 1.38. The minimum Gasteiger partial charge on any atom is -0.493 e. The molecule has 4 rings (SSSR count). The van der Waals surface area contributed by atoms with Gasteiger partial charge in [0.2, 0.25) is 0 Å². The van der Waals surface area contributed by atoms with Crippen molar-refractivity contribution in [1.82, 2.24) is 14.8 Å².